The zero-order valence-corrected chi connectivity index (χ0v) is 13.0. The van der Waals surface area contributed by atoms with Crippen molar-refractivity contribution >= 4 is 26.7 Å². The van der Waals surface area contributed by atoms with E-state index in [-0.39, 0.29) is 16.4 Å². The minimum absolute atomic E-state index is 0.0272. The van der Waals surface area contributed by atoms with Gasteiger partial charge in [0.1, 0.15) is 0 Å². The van der Waals surface area contributed by atoms with Crippen molar-refractivity contribution in [1.82, 2.24) is 14.8 Å². The lowest BCUT2D eigenvalue weighted by Gasteiger charge is -2.09. The van der Waals surface area contributed by atoms with E-state index in [1.807, 2.05) is 24.3 Å². The van der Waals surface area contributed by atoms with Gasteiger partial charge in [-0.05, 0) is 29.8 Å². The second-order valence-corrected chi connectivity index (χ2v) is 6.66. The van der Waals surface area contributed by atoms with Crippen molar-refractivity contribution in [2.45, 2.75) is 11.8 Å². The normalized spacial score (nSPS) is 11.5. The Morgan fingerprint density at radius 3 is 2.52 bits per heavy atom. The van der Waals surface area contributed by atoms with Crippen LogP contribution in [0.1, 0.15) is 5.69 Å². The smallest absolute Gasteiger partial charge is 0.257 e. The predicted octanol–water partition coefficient (Wildman–Crippen LogP) is 1.54. The first-order valence-corrected chi connectivity index (χ1v) is 8.27. The molecule has 7 nitrogen and oxygen atoms in total. The molecule has 0 aliphatic carbocycles. The number of nitrogens with zero attached hydrogens (tertiary/aromatic N) is 1. The Hall–Kier alpha value is -2.71. The summed E-state index contributed by atoms with van der Waals surface area (Å²) in [5, 5.41) is 1.77. The van der Waals surface area contributed by atoms with Gasteiger partial charge in [-0.3, -0.25) is 15.2 Å². The van der Waals surface area contributed by atoms with Crippen LogP contribution in [0.5, 0.6) is 0 Å². The zero-order valence-electron chi connectivity index (χ0n) is 12.2. The third-order valence-electron chi connectivity index (χ3n) is 3.20. The summed E-state index contributed by atoms with van der Waals surface area (Å²) in [5.74, 6) is 0.0272. The zero-order chi connectivity index (χ0) is 16.4. The van der Waals surface area contributed by atoms with E-state index < -0.39 is 10.0 Å². The number of hydrogen-bond acceptors (Lipinski definition) is 5. The lowest BCUT2D eigenvalue weighted by molar-refractivity contribution is 0.587. The molecule has 0 saturated carbocycles. The fourth-order valence-electron chi connectivity index (χ4n) is 2.15. The van der Waals surface area contributed by atoms with Crippen LogP contribution in [0.4, 0.5) is 5.95 Å². The van der Waals surface area contributed by atoms with Crippen molar-refractivity contribution in [2.75, 3.05) is 5.43 Å². The maximum Gasteiger partial charge on any atom is 0.257 e. The fourth-order valence-corrected chi connectivity index (χ4v) is 3.03. The molecule has 0 bridgehead atoms. The lowest BCUT2D eigenvalue weighted by atomic mass is 10.1. The molecule has 0 atom stereocenters. The monoisotopic (exact) mass is 330 g/mol. The molecule has 3 aromatic rings. The van der Waals surface area contributed by atoms with E-state index in [9.17, 15) is 13.2 Å². The average molecular weight is 330 g/mol. The van der Waals surface area contributed by atoms with Crippen molar-refractivity contribution in [3.63, 3.8) is 0 Å². The predicted molar refractivity (Wildman–Crippen MR) is 87.5 cm³/mol. The van der Waals surface area contributed by atoms with Crippen LogP contribution in [0.3, 0.4) is 0 Å². The summed E-state index contributed by atoms with van der Waals surface area (Å²) in [5.41, 5.74) is 2.51. The largest absolute Gasteiger partial charge is 0.292 e. The third kappa shape index (κ3) is 3.38. The van der Waals surface area contributed by atoms with E-state index in [4.69, 9.17) is 0 Å². The van der Waals surface area contributed by atoms with Gasteiger partial charge in [-0.25, -0.2) is 13.4 Å². The summed E-state index contributed by atoms with van der Waals surface area (Å²) in [6.45, 7) is 1.64. The molecule has 2 aromatic carbocycles. The van der Waals surface area contributed by atoms with Crippen LogP contribution in [0.25, 0.3) is 10.8 Å². The number of aromatic amines is 1. The number of aromatic nitrogens is 2. The molecule has 0 fully saturated rings. The van der Waals surface area contributed by atoms with Gasteiger partial charge in [0, 0.05) is 11.8 Å². The Morgan fingerprint density at radius 2 is 1.78 bits per heavy atom. The highest BCUT2D eigenvalue weighted by atomic mass is 32.2. The molecule has 118 valence electrons. The van der Waals surface area contributed by atoms with Gasteiger partial charge < -0.3 is 0 Å². The van der Waals surface area contributed by atoms with Crippen LogP contribution in [-0.4, -0.2) is 18.4 Å². The van der Waals surface area contributed by atoms with E-state index >= 15 is 0 Å². The molecule has 0 aliphatic rings. The van der Waals surface area contributed by atoms with E-state index in [0.717, 1.165) is 10.8 Å². The van der Waals surface area contributed by atoms with Crippen LogP contribution in [-0.2, 0) is 10.0 Å². The number of benzene rings is 2. The summed E-state index contributed by atoms with van der Waals surface area (Å²) in [4.78, 5) is 20.0. The van der Waals surface area contributed by atoms with Crippen molar-refractivity contribution in [3.05, 3.63) is 64.6 Å². The molecule has 23 heavy (non-hydrogen) atoms. The minimum Gasteiger partial charge on any atom is -0.292 e. The molecule has 0 aliphatic heterocycles. The van der Waals surface area contributed by atoms with E-state index in [2.05, 4.69) is 20.2 Å². The highest BCUT2D eigenvalue weighted by Gasteiger charge is 2.14. The first kappa shape index (κ1) is 15.2. The van der Waals surface area contributed by atoms with Crippen molar-refractivity contribution in [3.8, 4) is 0 Å². The Balaban J connectivity index is 1.86. The maximum atomic E-state index is 12.3. The first-order valence-electron chi connectivity index (χ1n) is 6.79. The van der Waals surface area contributed by atoms with Crippen molar-refractivity contribution in [1.29, 1.82) is 0 Å². The first-order chi connectivity index (χ1) is 10.9. The Bertz CT molecular complexity index is 1030. The minimum atomic E-state index is -3.80. The van der Waals surface area contributed by atoms with Crippen molar-refractivity contribution in [2.24, 2.45) is 0 Å². The molecule has 0 radical (unpaired) electrons. The van der Waals surface area contributed by atoms with Crippen LogP contribution < -0.4 is 15.8 Å². The molecule has 0 amide bonds. The standard InChI is InChI=1S/C15H14N4O3S/c1-10-8-14(20)17-15(16-10)18-19-23(21,22)13-7-6-11-4-2-3-5-12(11)9-13/h2-9,19H,1H3,(H2,16,17,18,20). The number of aryl methyl sites for hydroxylation is 1. The van der Waals surface area contributed by atoms with E-state index in [1.54, 1.807) is 19.1 Å². The van der Waals surface area contributed by atoms with E-state index in [1.165, 1.54) is 12.1 Å². The van der Waals surface area contributed by atoms with Gasteiger partial charge in [0.15, 0.2) is 0 Å². The highest BCUT2D eigenvalue weighted by Crippen LogP contribution is 2.18. The third-order valence-corrected chi connectivity index (χ3v) is 4.45. The molecular weight excluding hydrogens is 316 g/mol. The van der Waals surface area contributed by atoms with Crippen molar-refractivity contribution < 1.29 is 8.42 Å². The number of hydrogen-bond donors (Lipinski definition) is 3. The quantitative estimate of drug-likeness (QED) is 0.630. The molecule has 1 aromatic heterocycles. The molecule has 0 unspecified atom stereocenters. The molecule has 1 heterocycles. The number of H-pyrrole nitrogens is 1. The molecule has 3 N–H and O–H groups in total. The van der Waals surface area contributed by atoms with Crippen LogP contribution in [0.2, 0.25) is 0 Å². The summed E-state index contributed by atoms with van der Waals surface area (Å²) in [7, 11) is -3.80. The van der Waals surface area contributed by atoms with Crippen LogP contribution in [0.15, 0.2) is 58.2 Å². The maximum absolute atomic E-state index is 12.3. The summed E-state index contributed by atoms with van der Waals surface area (Å²) in [6, 6.07) is 13.6. The Labute approximate surface area is 132 Å². The molecule has 8 heteroatoms. The number of nitrogens with one attached hydrogen (secondary N) is 3. The highest BCUT2D eigenvalue weighted by molar-refractivity contribution is 7.89. The number of anilines is 1. The van der Waals surface area contributed by atoms with Gasteiger partial charge in [-0.15, -0.1) is 4.83 Å². The van der Waals surface area contributed by atoms with Gasteiger partial charge in [0.25, 0.3) is 15.6 Å². The Kier molecular flexibility index (Phi) is 3.85. The molecule has 0 saturated heterocycles. The number of hydrazine groups is 1. The molecule has 0 spiro atoms. The number of sulfonamides is 1. The average Bonchev–Trinajstić information content (AvgIpc) is 2.52. The summed E-state index contributed by atoms with van der Waals surface area (Å²) in [6.07, 6.45) is 0. The molecule has 3 rings (SSSR count). The summed E-state index contributed by atoms with van der Waals surface area (Å²) < 4.78 is 24.7. The summed E-state index contributed by atoms with van der Waals surface area (Å²) >= 11 is 0. The number of fused-ring (bicyclic) bond motifs is 1. The second-order valence-electron chi connectivity index (χ2n) is 4.97. The molecular formula is C15H14N4O3S. The van der Waals surface area contributed by atoms with Gasteiger partial charge in [-0.2, -0.15) is 0 Å². The second kappa shape index (κ2) is 5.82. The number of rotatable bonds is 4. The van der Waals surface area contributed by atoms with Gasteiger partial charge >= 0.3 is 0 Å². The SMILES string of the molecule is Cc1cc(=O)[nH]c(NNS(=O)(=O)c2ccc3ccccc3c2)n1. The lowest BCUT2D eigenvalue weighted by Crippen LogP contribution is -2.31. The van der Waals surface area contributed by atoms with Crippen LogP contribution >= 0.6 is 0 Å². The van der Waals surface area contributed by atoms with Gasteiger partial charge in [0.05, 0.1) is 4.90 Å². The Morgan fingerprint density at radius 1 is 1.04 bits per heavy atom. The van der Waals surface area contributed by atoms with Gasteiger partial charge in [0.2, 0.25) is 5.95 Å². The van der Waals surface area contributed by atoms with E-state index in [0.29, 0.717) is 5.69 Å². The topological polar surface area (TPSA) is 104 Å². The fraction of sp³-hybridized carbons (Fsp3) is 0.0667. The van der Waals surface area contributed by atoms with Gasteiger partial charge in [-0.1, -0.05) is 30.3 Å². The van der Waals surface area contributed by atoms with Crippen LogP contribution in [0, 0.1) is 6.92 Å².